The Kier molecular flexibility index (Phi) is 5.49. The summed E-state index contributed by atoms with van der Waals surface area (Å²) < 4.78 is 5.82. The van der Waals surface area contributed by atoms with Gasteiger partial charge in [0.1, 0.15) is 6.61 Å². The monoisotopic (exact) mass is 352 g/mol. The molecule has 0 aliphatic carbocycles. The molecule has 0 amide bonds. The lowest BCUT2D eigenvalue weighted by Crippen LogP contribution is -2.22. The Morgan fingerprint density at radius 3 is 2.56 bits per heavy atom. The fourth-order valence-electron chi connectivity index (χ4n) is 2.13. The molecule has 1 heterocycles. The first-order valence-electron chi connectivity index (χ1n) is 7.69. The predicted octanol–water partition coefficient (Wildman–Crippen LogP) is 4.37. The molecule has 0 spiro atoms. The number of anilines is 1. The van der Waals surface area contributed by atoms with Crippen LogP contribution in [0.5, 0.6) is 5.75 Å². The van der Waals surface area contributed by atoms with Crippen molar-refractivity contribution in [3.05, 3.63) is 83.5 Å². The number of guanidine groups is 1. The van der Waals surface area contributed by atoms with Gasteiger partial charge in [0.05, 0.1) is 0 Å². The topological polar surface area (TPSA) is 72.5 Å². The number of nitrogens with two attached hydrogens (primary N) is 1. The third-order valence-corrected chi connectivity index (χ3v) is 3.58. The Morgan fingerprint density at radius 2 is 1.80 bits per heavy atom. The molecule has 2 aromatic carbocycles. The zero-order valence-electron chi connectivity index (χ0n) is 13.4. The van der Waals surface area contributed by atoms with E-state index in [2.05, 4.69) is 15.3 Å². The second-order valence-corrected chi connectivity index (χ2v) is 5.66. The summed E-state index contributed by atoms with van der Waals surface area (Å²) in [6, 6.07) is 20.6. The summed E-state index contributed by atoms with van der Waals surface area (Å²) in [4.78, 5) is 8.54. The molecule has 3 N–H and O–H groups in total. The van der Waals surface area contributed by atoms with E-state index in [4.69, 9.17) is 22.1 Å². The van der Waals surface area contributed by atoms with Gasteiger partial charge in [0.25, 0.3) is 0 Å². The van der Waals surface area contributed by atoms with Crippen LogP contribution in [0.4, 0.5) is 11.5 Å². The number of aromatic nitrogens is 1. The molecule has 3 aromatic rings. The number of aliphatic imine (C=N–C) groups is 1. The number of hydrogen-bond acceptors (Lipinski definition) is 3. The summed E-state index contributed by atoms with van der Waals surface area (Å²) in [6.07, 6.45) is 1.64. The van der Waals surface area contributed by atoms with Crippen molar-refractivity contribution in [2.24, 2.45) is 10.7 Å². The largest absolute Gasteiger partial charge is 0.485 e. The van der Waals surface area contributed by atoms with E-state index in [1.165, 1.54) is 0 Å². The molecule has 1 aromatic heterocycles. The van der Waals surface area contributed by atoms with Gasteiger partial charge in [-0.15, -0.1) is 0 Å². The summed E-state index contributed by atoms with van der Waals surface area (Å²) in [7, 11) is 0. The number of rotatable bonds is 5. The molecule has 6 heteroatoms. The number of ether oxygens (including phenoxy) is 1. The normalized spacial score (nSPS) is 11.2. The van der Waals surface area contributed by atoms with Gasteiger partial charge in [0.15, 0.2) is 17.5 Å². The van der Waals surface area contributed by atoms with Crippen molar-refractivity contribution in [1.29, 1.82) is 0 Å². The quantitative estimate of drug-likeness (QED) is 0.528. The number of hydrogen-bond donors (Lipinski definition) is 2. The van der Waals surface area contributed by atoms with Crippen LogP contribution in [-0.4, -0.2) is 10.9 Å². The first-order valence-corrected chi connectivity index (χ1v) is 8.07. The van der Waals surface area contributed by atoms with Gasteiger partial charge in [-0.3, -0.25) is 0 Å². The summed E-state index contributed by atoms with van der Waals surface area (Å²) in [5.41, 5.74) is 7.81. The van der Waals surface area contributed by atoms with Gasteiger partial charge in [-0.2, -0.15) is 4.99 Å². The predicted molar refractivity (Wildman–Crippen MR) is 101 cm³/mol. The molecule has 5 nitrogen and oxygen atoms in total. The summed E-state index contributed by atoms with van der Waals surface area (Å²) >= 11 is 5.89. The van der Waals surface area contributed by atoms with Crippen molar-refractivity contribution in [3.63, 3.8) is 0 Å². The molecule has 0 aliphatic heterocycles. The smallest absolute Gasteiger partial charge is 0.200 e. The summed E-state index contributed by atoms with van der Waals surface area (Å²) in [5.74, 6) is 1.20. The van der Waals surface area contributed by atoms with E-state index in [1.54, 1.807) is 18.3 Å². The first kappa shape index (κ1) is 16.8. The second kappa shape index (κ2) is 8.17. The molecule has 3 rings (SSSR count). The highest BCUT2D eigenvalue weighted by atomic mass is 35.5. The highest BCUT2D eigenvalue weighted by molar-refractivity contribution is 6.30. The molecule has 0 atom stereocenters. The molecule has 25 heavy (non-hydrogen) atoms. The summed E-state index contributed by atoms with van der Waals surface area (Å²) in [6.45, 7) is 0.386. The Hall–Kier alpha value is -3.05. The average Bonchev–Trinajstić information content (AvgIpc) is 2.63. The van der Waals surface area contributed by atoms with Crippen LogP contribution in [0.15, 0.2) is 77.9 Å². The molecule has 0 bridgehead atoms. The molecule has 0 fully saturated rings. The first-order chi connectivity index (χ1) is 12.2. The number of benzene rings is 2. The molecule has 126 valence electrons. The van der Waals surface area contributed by atoms with Crippen LogP contribution in [0.3, 0.4) is 0 Å². The van der Waals surface area contributed by atoms with E-state index in [0.717, 1.165) is 11.3 Å². The fourth-order valence-corrected chi connectivity index (χ4v) is 2.26. The SMILES string of the molecule is NC(=Nc1ncccc1OCc1ccc(Cl)cc1)Nc1ccccc1. The molecular weight excluding hydrogens is 336 g/mol. The van der Waals surface area contributed by atoms with E-state index in [1.807, 2.05) is 54.6 Å². The van der Waals surface area contributed by atoms with Crippen molar-refractivity contribution in [1.82, 2.24) is 4.98 Å². The zero-order chi connectivity index (χ0) is 17.5. The van der Waals surface area contributed by atoms with E-state index in [0.29, 0.717) is 23.2 Å². The van der Waals surface area contributed by atoms with Crippen LogP contribution < -0.4 is 15.8 Å². The summed E-state index contributed by atoms with van der Waals surface area (Å²) in [5, 5.41) is 3.71. The van der Waals surface area contributed by atoms with Crippen molar-refractivity contribution in [3.8, 4) is 5.75 Å². The van der Waals surface area contributed by atoms with Gasteiger partial charge < -0.3 is 15.8 Å². The maximum absolute atomic E-state index is 5.96. The lowest BCUT2D eigenvalue weighted by atomic mass is 10.2. The third-order valence-electron chi connectivity index (χ3n) is 3.33. The highest BCUT2D eigenvalue weighted by Gasteiger charge is 2.05. The molecule has 0 radical (unpaired) electrons. The van der Waals surface area contributed by atoms with Crippen LogP contribution in [0.25, 0.3) is 0 Å². The third kappa shape index (κ3) is 4.96. The van der Waals surface area contributed by atoms with Crippen LogP contribution in [-0.2, 0) is 6.61 Å². The standard InChI is InChI=1S/C19H17ClN4O/c20-15-10-8-14(9-11-15)13-25-17-7-4-12-22-18(17)24-19(21)23-16-5-2-1-3-6-16/h1-12H,13H2,(H3,21,22,23,24). The Labute approximate surface area is 151 Å². The molecule has 0 saturated carbocycles. The van der Waals surface area contributed by atoms with Gasteiger partial charge in [0, 0.05) is 16.9 Å². The minimum atomic E-state index is 0.237. The van der Waals surface area contributed by atoms with E-state index in [9.17, 15) is 0 Å². The Morgan fingerprint density at radius 1 is 1.04 bits per heavy atom. The maximum Gasteiger partial charge on any atom is 0.200 e. The van der Waals surface area contributed by atoms with Crippen molar-refractivity contribution < 1.29 is 4.74 Å². The van der Waals surface area contributed by atoms with E-state index >= 15 is 0 Å². The van der Waals surface area contributed by atoms with Gasteiger partial charge >= 0.3 is 0 Å². The van der Waals surface area contributed by atoms with E-state index < -0.39 is 0 Å². The fraction of sp³-hybridized carbons (Fsp3) is 0.0526. The second-order valence-electron chi connectivity index (χ2n) is 5.23. The minimum Gasteiger partial charge on any atom is -0.485 e. The van der Waals surface area contributed by atoms with Gasteiger partial charge in [-0.25, -0.2) is 4.98 Å². The average molecular weight is 353 g/mol. The van der Waals surface area contributed by atoms with Gasteiger partial charge in [-0.1, -0.05) is 41.9 Å². The maximum atomic E-state index is 5.96. The molecule has 0 unspecified atom stereocenters. The van der Waals surface area contributed by atoms with Crippen molar-refractivity contribution in [2.75, 3.05) is 5.32 Å². The number of para-hydroxylation sites is 1. The molecule has 0 aliphatic rings. The highest BCUT2D eigenvalue weighted by Crippen LogP contribution is 2.25. The van der Waals surface area contributed by atoms with Crippen LogP contribution in [0, 0.1) is 0 Å². The Bertz CT molecular complexity index is 851. The van der Waals surface area contributed by atoms with Crippen LogP contribution in [0.1, 0.15) is 5.56 Å². The number of halogens is 1. The van der Waals surface area contributed by atoms with E-state index in [-0.39, 0.29) is 5.96 Å². The van der Waals surface area contributed by atoms with Crippen LogP contribution in [0.2, 0.25) is 5.02 Å². The molecule has 0 saturated heterocycles. The van der Waals surface area contributed by atoms with Crippen LogP contribution >= 0.6 is 11.6 Å². The molecular formula is C19H17ClN4O. The lowest BCUT2D eigenvalue weighted by Gasteiger charge is -2.09. The lowest BCUT2D eigenvalue weighted by molar-refractivity contribution is 0.306. The van der Waals surface area contributed by atoms with Gasteiger partial charge in [-0.05, 0) is 42.0 Å². The zero-order valence-corrected chi connectivity index (χ0v) is 14.1. The number of pyridine rings is 1. The van der Waals surface area contributed by atoms with Gasteiger partial charge in [0.2, 0.25) is 0 Å². The number of nitrogens with zero attached hydrogens (tertiary/aromatic N) is 2. The number of nitrogens with one attached hydrogen (secondary N) is 1. The minimum absolute atomic E-state index is 0.237. The van der Waals surface area contributed by atoms with Crippen molar-refractivity contribution >= 4 is 29.1 Å². The Balaban J connectivity index is 1.71. The van der Waals surface area contributed by atoms with Crippen molar-refractivity contribution in [2.45, 2.75) is 6.61 Å².